The van der Waals surface area contributed by atoms with E-state index in [1.165, 1.54) is 7.11 Å². The summed E-state index contributed by atoms with van der Waals surface area (Å²) in [5.41, 5.74) is 0.0277. The first-order chi connectivity index (χ1) is 14.7. The SMILES string of the molecule is COC(=O)CC1CCC(NC(=O)c2ccc(OCCNC(=O)OC(C)(C)C)cc2)CC1. The van der Waals surface area contributed by atoms with Crippen LogP contribution < -0.4 is 15.4 Å². The van der Waals surface area contributed by atoms with Gasteiger partial charge in [0.05, 0.1) is 13.7 Å². The largest absolute Gasteiger partial charge is 0.492 e. The Labute approximate surface area is 184 Å². The number of rotatable bonds is 8. The van der Waals surface area contributed by atoms with Crippen LogP contribution in [0.1, 0.15) is 63.2 Å². The standard InChI is InChI=1S/C23H34N2O6/c1-23(2,3)31-22(28)24-13-14-30-19-11-7-17(8-12-19)21(27)25-18-9-5-16(6-10-18)15-20(26)29-4/h7-8,11-12,16,18H,5-6,9-10,13-15H2,1-4H3,(H,24,28)(H,25,27). The summed E-state index contributed by atoms with van der Waals surface area (Å²) < 4.78 is 15.5. The minimum Gasteiger partial charge on any atom is -0.492 e. The Kier molecular flexibility index (Phi) is 9.15. The summed E-state index contributed by atoms with van der Waals surface area (Å²) in [6.07, 6.45) is 3.50. The maximum absolute atomic E-state index is 12.5. The highest BCUT2D eigenvalue weighted by Crippen LogP contribution is 2.27. The first-order valence-electron chi connectivity index (χ1n) is 10.7. The van der Waals surface area contributed by atoms with Crippen molar-refractivity contribution in [2.24, 2.45) is 5.92 Å². The predicted octanol–water partition coefficient (Wildman–Crippen LogP) is 3.44. The first kappa shape index (κ1) is 24.5. The van der Waals surface area contributed by atoms with Crippen LogP contribution in [0.25, 0.3) is 0 Å². The van der Waals surface area contributed by atoms with E-state index in [1.54, 1.807) is 45.0 Å². The van der Waals surface area contributed by atoms with Crippen molar-refractivity contribution in [1.29, 1.82) is 0 Å². The number of esters is 1. The molecule has 1 fully saturated rings. The van der Waals surface area contributed by atoms with E-state index in [1.807, 2.05) is 0 Å². The molecule has 0 aromatic heterocycles. The number of benzene rings is 1. The smallest absolute Gasteiger partial charge is 0.407 e. The minimum atomic E-state index is -0.538. The fourth-order valence-electron chi connectivity index (χ4n) is 3.44. The lowest BCUT2D eigenvalue weighted by Gasteiger charge is -2.28. The van der Waals surface area contributed by atoms with Gasteiger partial charge in [0.15, 0.2) is 0 Å². The van der Waals surface area contributed by atoms with E-state index in [4.69, 9.17) is 14.2 Å². The summed E-state index contributed by atoms with van der Waals surface area (Å²) in [5.74, 6) is 0.665. The monoisotopic (exact) mass is 434 g/mol. The molecule has 0 atom stereocenters. The molecule has 2 amide bonds. The van der Waals surface area contributed by atoms with Crippen LogP contribution in [0.3, 0.4) is 0 Å². The molecule has 0 heterocycles. The molecule has 2 rings (SSSR count). The second kappa shape index (κ2) is 11.6. The summed E-state index contributed by atoms with van der Waals surface area (Å²) in [6, 6.07) is 7.02. The number of alkyl carbamates (subject to hydrolysis) is 1. The molecule has 0 spiro atoms. The summed E-state index contributed by atoms with van der Waals surface area (Å²) in [4.78, 5) is 35.5. The second-order valence-corrected chi connectivity index (χ2v) is 8.77. The Morgan fingerprint density at radius 1 is 1.03 bits per heavy atom. The van der Waals surface area contributed by atoms with Crippen molar-refractivity contribution in [1.82, 2.24) is 10.6 Å². The summed E-state index contributed by atoms with van der Waals surface area (Å²) in [6.45, 7) is 6.01. The van der Waals surface area contributed by atoms with Gasteiger partial charge in [-0.1, -0.05) is 0 Å². The van der Waals surface area contributed by atoms with Crippen molar-refractivity contribution in [3.63, 3.8) is 0 Å². The molecule has 8 nitrogen and oxygen atoms in total. The van der Waals surface area contributed by atoms with Crippen molar-refractivity contribution in [3.05, 3.63) is 29.8 Å². The van der Waals surface area contributed by atoms with Crippen LogP contribution in [0.15, 0.2) is 24.3 Å². The number of methoxy groups -OCH3 is 1. The van der Waals surface area contributed by atoms with Crippen LogP contribution in [0.5, 0.6) is 5.75 Å². The second-order valence-electron chi connectivity index (χ2n) is 8.77. The normalized spacial score (nSPS) is 18.6. The average molecular weight is 435 g/mol. The Hall–Kier alpha value is -2.77. The van der Waals surface area contributed by atoms with Crippen LogP contribution in [-0.2, 0) is 14.3 Å². The third kappa shape index (κ3) is 9.27. The van der Waals surface area contributed by atoms with Gasteiger partial charge in [0.2, 0.25) is 0 Å². The molecule has 8 heteroatoms. The maximum atomic E-state index is 12.5. The Bertz CT molecular complexity index is 733. The Morgan fingerprint density at radius 3 is 2.26 bits per heavy atom. The minimum absolute atomic E-state index is 0.116. The number of ether oxygens (including phenoxy) is 3. The molecular weight excluding hydrogens is 400 g/mol. The van der Waals surface area contributed by atoms with Crippen LogP contribution in [0.4, 0.5) is 4.79 Å². The van der Waals surface area contributed by atoms with E-state index in [0.29, 0.717) is 36.8 Å². The van der Waals surface area contributed by atoms with E-state index >= 15 is 0 Å². The summed E-state index contributed by atoms with van der Waals surface area (Å²) in [5, 5.41) is 5.69. The highest BCUT2D eigenvalue weighted by Gasteiger charge is 2.24. The van der Waals surface area contributed by atoms with Gasteiger partial charge in [-0.2, -0.15) is 0 Å². The number of carbonyl (C=O) groups is 3. The van der Waals surface area contributed by atoms with Gasteiger partial charge in [0.1, 0.15) is 18.0 Å². The molecular formula is C23H34N2O6. The van der Waals surface area contributed by atoms with Crippen molar-refractivity contribution >= 4 is 18.0 Å². The zero-order valence-corrected chi connectivity index (χ0v) is 18.9. The Balaban J connectivity index is 1.69. The predicted molar refractivity (Wildman–Crippen MR) is 116 cm³/mol. The fraction of sp³-hybridized carbons (Fsp3) is 0.609. The highest BCUT2D eigenvalue weighted by molar-refractivity contribution is 5.94. The van der Waals surface area contributed by atoms with Gasteiger partial charge >= 0.3 is 12.1 Å². The molecule has 0 unspecified atom stereocenters. The van der Waals surface area contributed by atoms with E-state index < -0.39 is 11.7 Å². The van der Waals surface area contributed by atoms with Gasteiger partial charge in [-0.05, 0) is 76.6 Å². The van der Waals surface area contributed by atoms with Gasteiger partial charge in [0.25, 0.3) is 5.91 Å². The third-order valence-corrected chi connectivity index (χ3v) is 5.02. The molecule has 1 aliphatic rings. The van der Waals surface area contributed by atoms with E-state index in [9.17, 15) is 14.4 Å². The molecule has 0 bridgehead atoms. The number of hydrogen-bond donors (Lipinski definition) is 2. The molecule has 1 saturated carbocycles. The molecule has 0 saturated heterocycles. The molecule has 172 valence electrons. The molecule has 1 aromatic rings. The third-order valence-electron chi connectivity index (χ3n) is 5.02. The van der Waals surface area contributed by atoms with Crippen LogP contribution in [0.2, 0.25) is 0 Å². The number of nitrogens with one attached hydrogen (secondary N) is 2. The number of carbonyl (C=O) groups excluding carboxylic acids is 3. The number of amides is 2. The van der Waals surface area contributed by atoms with Gasteiger partial charge in [-0.25, -0.2) is 4.79 Å². The van der Waals surface area contributed by atoms with Crippen molar-refractivity contribution < 1.29 is 28.6 Å². The highest BCUT2D eigenvalue weighted by atomic mass is 16.6. The van der Waals surface area contributed by atoms with Crippen molar-refractivity contribution in [2.45, 2.75) is 64.5 Å². The van der Waals surface area contributed by atoms with E-state index in [0.717, 1.165) is 25.7 Å². The zero-order chi connectivity index (χ0) is 22.9. The summed E-state index contributed by atoms with van der Waals surface area (Å²) >= 11 is 0. The molecule has 0 aliphatic heterocycles. The first-order valence-corrected chi connectivity index (χ1v) is 10.7. The van der Waals surface area contributed by atoms with Crippen LogP contribution >= 0.6 is 0 Å². The van der Waals surface area contributed by atoms with Gasteiger partial charge in [0, 0.05) is 18.0 Å². The number of hydrogen-bond acceptors (Lipinski definition) is 6. The van der Waals surface area contributed by atoms with E-state index in [2.05, 4.69) is 10.6 Å². The van der Waals surface area contributed by atoms with E-state index in [-0.39, 0.29) is 17.9 Å². The van der Waals surface area contributed by atoms with Gasteiger partial charge < -0.3 is 24.8 Å². The van der Waals surface area contributed by atoms with Crippen LogP contribution in [0, 0.1) is 5.92 Å². The zero-order valence-electron chi connectivity index (χ0n) is 18.9. The average Bonchev–Trinajstić information content (AvgIpc) is 2.71. The molecule has 1 aliphatic carbocycles. The fourth-order valence-corrected chi connectivity index (χ4v) is 3.44. The van der Waals surface area contributed by atoms with Gasteiger partial charge in [-0.3, -0.25) is 9.59 Å². The van der Waals surface area contributed by atoms with Gasteiger partial charge in [-0.15, -0.1) is 0 Å². The van der Waals surface area contributed by atoms with Crippen molar-refractivity contribution in [3.8, 4) is 5.75 Å². The lowest BCUT2D eigenvalue weighted by molar-refractivity contribution is -0.142. The molecule has 31 heavy (non-hydrogen) atoms. The van der Waals surface area contributed by atoms with Crippen LogP contribution in [-0.4, -0.2) is 49.9 Å². The molecule has 2 N–H and O–H groups in total. The van der Waals surface area contributed by atoms with Crippen molar-refractivity contribution in [2.75, 3.05) is 20.3 Å². The molecule has 0 radical (unpaired) electrons. The summed E-state index contributed by atoms with van der Waals surface area (Å²) in [7, 11) is 1.41. The Morgan fingerprint density at radius 2 is 1.68 bits per heavy atom. The lowest BCUT2D eigenvalue weighted by Crippen LogP contribution is -2.37. The molecule has 1 aromatic carbocycles. The lowest BCUT2D eigenvalue weighted by atomic mass is 9.84. The quantitative estimate of drug-likeness (QED) is 0.480. The maximum Gasteiger partial charge on any atom is 0.407 e. The topological polar surface area (TPSA) is 103 Å².